The third kappa shape index (κ3) is 4.68. The molecule has 0 radical (unpaired) electrons. The Hall–Kier alpha value is -3.62. The number of hydrogen-bond acceptors (Lipinski definition) is 4. The number of nitrogens with zero attached hydrogens (tertiary/aromatic N) is 3. The van der Waals surface area contributed by atoms with E-state index in [2.05, 4.69) is 34.5 Å². The Balaban J connectivity index is 1.36. The van der Waals surface area contributed by atoms with Crippen LogP contribution in [0.15, 0.2) is 84.6 Å². The van der Waals surface area contributed by atoms with Crippen LogP contribution in [0.4, 0.5) is 5.69 Å². The number of benzene rings is 3. The van der Waals surface area contributed by atoms with E-state index in [0.29, 0.717) is 13.1 Å². The van der Waals surface area contributed by atoms with Crippen LogP contribution in [0.1, 0.15) is 5.56 Å². The Bertz CT molecular complexity index is 1090. The average Bonchev–Trinajstić information content (AvgIpc) is 2.80. The van der Waals surface area contributed by atoms with Crippen LogP contribution in [0.25, 0.3) is 10.8 Å². The fourth-order valence-electron chi connectivity index (χ4n) is 3.70. The summed E-state index contributed by atoms with van der Waals surface area (Å²) in [7, 11) is 0. The van der Waals surface area contributed by atoms with Crippen molar-refractivity contribution in [3.63, 3.8) is 0 Å². The van der Waals surface area contributed by atoms with E-state index in [1.807, 2.05) is 54.6 Å². The van der Waals surface area contributed by atoms with E-state index in [-0.39, 0.29) is 11.5 Å². The van der Waals surface area contributed by atoms with E-state index in [1.54, 1.807) is 4.90 Å². The van der Waals surface area contributed by atoms with Gasteiger partial charge in [0.1, 0.15) is 11.6 Å². The molecule has 150 valence electrons. The summed E-state index contributed by atoms with van der Waals surface area (Å²) in [6.45, 7) is 3.74. The molecule has 0 spiro atoms. The maximum absolute atomic E-state index is 12.8. The lowest BCUT2D eigenvalue weighted by Gasteiger charge is -2.34. The van der Waals surface area contributed by atoms with Crippen molar-refractivity contribution in [2.75, 3.05) is 31.5 Å². The van der Waals surface area contributed by atoms with E-state index in [1.165, 1.54) is 11.8 Å². The summed E-state index contributed by atoms with van der Waals surface area (Å²) in [6.07, 6.45) is 1.52. The summed E-state index contributed by atoms with van der Waals surface area (Å²) >= 11 is 0. The number of nitrogens with one attached hydrogen (secondary N) is 1. The third-order valence-electron chi connectivity index (χ3n) is 5.39. The Labute approximate surface area is 176 Å². The van der Waals surface area contributed by atoms with Crippen LogP contribution in [0.3, 0.4) is 0 Å². The summed E-state index contributed by atoms with van der Waals surface area (Å²) in [5.41, 5.74) is 2.25. The fourth-order valence-corrected chi connectivity index (χ4v) is 3.70. The maximum Gasteiger partial charge on any atom is 0.266 e. The average molecular weight is 396 g/mol. The van der Waals surface area contributed by atoms with Gasteiger partial charge in [0.2, 0.25) is 0 Å². The first-order valence-corrected chi connectivity index (χ1v) is 10.1. The first kappa shape index (κ1) is 19.7. The SMILES string of the molecule is N#C/C(=C/Nc1ccc2ccccc2c1)C(=O)N1CCN(Cc2ccccc2)CC1. The molecule has 0 aliphatic carbocycles. The van der Waals surface area contributed by atoms with Crippen LogP contribution in [0, 0.1) is 11.3 Å². The summed E-state index contributed by atoms with van der Waals surface area (Å²) in [4.78, 5) is 16.9. The van der Waals surface area contributed by atoms with E-state index >= 15 is 0 Å². The molecule has 1 aliphatic heterocycles. The minimum absolute atomic E-state index is 0.125. The highest BCUT2D eigenvalue weighted by Gasteiger charge is 2.23. The number of hydrogen-bond donors (Lipinski definition) is 1. The second-order valence-electron chi connectivity index (χ2n) is 7.43. The Morgan fingerprint density at radius 1 is 0.933 bits per heavy atom. The first-order valence-electron chi connectivity index (χ1n) is 10.1. The van der Waals surface area contributed by atoms with Crippen molar-refractivity contribution in [1.82, 2.24) is 9.80 Å². The topological polar surface area (TPSA) is 59.4 Å². The van der Waals surface area contributed by atoms with E-state index in [4.69, 9.17) is 0 Å². The molecule has 0 unspecified atom stereocenters. The van der Waals surface area contributed by atoms with Gasteiger partial charge in [0, 0.05) is 44.6 Å². The summed E-state index contributed by atoms with van der Waals surface area (Å²) in [6, 6.07) is 26.4. The van der Waals surface area contributed by atoms with Crippen molar-refractivity contribution in [1.29, 1.82) is 5.26 Å². The number of rotatable bonds is 5. The smallest absolute Gasteiger partial charge is 0.266 e. The standard InChI is InChI=1S/C25H24N4O/c26-17-23(18-27-24-11-10-21-8-4-5-9-22(21)16-24)25(30)29-14-12-28(13-15-29)19-20-6-2-1-3-7-20/h1-11,16,18,27H,12-15,19H2/b23-18-. The van der Waals surface area contributed by atoms with Crippen LogP contribution in [-0.4, -0.2) is 41.9 Å². The molecule has 0 aromatic heterocycles. The lowest BCUT2D eigenvalue weighted by molar-refractivity contribution is -0.128. The van der Waals surface area contributed by atoms with Crippen molar-refractivity contribution >= 4 is 22.4 Å². The number of carbonyl (C=O) groups is 1. The lowest BCUT2D eigenvalue weighted by atomic mass is 10.1. The summed E-state index contributed by atoms with van der Waals surface area (Å²) in [5, 5.41) is 14.9. The molecule has 3 aromatic carbocycles. The molecule has 1 N–H and O–H groups in total. The second-order valence-corrected chi connectivity index (χ2v) is 7.43. The molecule has 0 atom stereocenters. The summed E-state index contributed by atoms with van der Waals surface area (Å²) < 4.78 is 0. The molecule has 3 aromatic rings. The number of amides is 1. The monoisotopic (exact) mass is 396 g/mol. The Kier molecular flexibility index (Phi) is 6.07. The van der Waals surface area contributed by atoms with Gasteiger partial charge in [-0.2, -0.15) is 5.26 Å². The molecule has 5 heteroatoms. The zero-order valence-electron chi connectivity index (χ0n) is 16.8. The number of nitriles is 1. The molecule has 1 aliphatic rings. The minimum atomic E-state index is -0.217. The van der Waals surface area contributed by atoms with Gasteiger partial charge in [-0.3, -0.25) is 9.69 Å². The van der Waals surface area contributed by atoms with Crippen LogP contribution in [0.5, 0.6) is 0 Å². The number of piperazine rings is 1. The highest BCUT2D eigenvalue weighted by molar-refractivity contribution is 5.97. The van der Waals surface area contributed by atoms with Crippen molar-refractivity contribution in [2.45, 2.75) is 6.54 Å². The fraction of sp³-hybridized carbons (Fsp3) is 0.200. The molecule has 1 heterocycles. The highest BCUT2D eigenvalue weighted by atomic mass is 16.2. The van der Waals surface area contributed by atoms with Crippen LogP contribution in [0.2, 0.25) is 0 Å². The second kappa shape index (κ2) is 9.25. The molecule has 1 amide bonds. The molecule has 1 saturated heterocycles. The van der Waals surface area contributed by atoms with Crippen molar-refractivity contribution < 1.29 is 4.79 Å². The Morgan fingerprint density at radius 2 is 1.63 bits per heavy atom. The van der Waals surface area contributed by atoms with E-state index in [9.17, 15) is 10.1 Å². The van der Waals surface area contributed by atoms with Gasteiger partial charge in [0.05, 0.1) is 0 Å². The lowest BCUT2D eigenvalue weighted by Crippen LogP contribution is -2.48. The minimum Gasteiger partial charge on any atom is -0.360 e. The zero-order chi connectivity index (χ0) is 20.8. The Morgan fingerprint density at radius 3 is 2.37 bits per heavy atom. The van der Waals surface area contributed by atoms with E-state index < -0.39 is 0 Å². The molecular weight excluding hydrogens is 372 g/mol. The van der Waals surface area contributed by atoms with Crippen LogP contribution in [-0.2, 0) is 11.3 Å². The quantitative estimate of drug-likeness (QED) is 0.523. The van der Waals surface area contributed by atoms with Gasteiger partial charge in [0.25, 0.3) is 5.91 Å². The van der Waals surface area contributed by atoms with Gasteiger partial charge in [-0.1, -0.05) is 60.7 Å². The molecule has 4 rings (SSSR count). The van der Waals surface area contributed by atoms with Gasteiger partial charge in [-0.25, -0.2) is 0 Å². The van der Waals surface area contributed by atoms with Crippen LogP contribution < -0.4 is 5.32 Å². The van der Waals surface area contributed by atoms with Crippen molar-refractivity contribution in [2.24, 2.45) is 0 Å². The normalized spacial score (nSPS) is 15.0. The predicted molar refractivity (Wildman–Crippen MR) is 120 cm³/mol. The van der Waals surface area contributed by atoms with Crippen LogP contribution >= 0.6 is 0 Å². The number of anilines is 1. The molecule has 1 fully saturated rings. The molecule has 30 heavy (non-hydrogen) atoms. The third-order valence-corrected chi connectivity index (χ3v) is 5.39. The molecule has 0 bridgehead atoms. The number of fused-ring (bicyclic) bond motifs is 1. The zero-order valence-corrected chi connectivity index (χ0v) is 16.8. The van der Waals surface area contributed by atoms with E-state index in [0.717, 1.165) is 36.1 Å². The van der Waals surface area contributed by atoms with Gasteiger partial charge in [-0.15, -0.1) is 0 Å². The van der Waals surface area contributed by atoms with Gasteiger partial charge in [0.15, 0.2) is 0 Å². The summed E-state index contributed by atoms with van der Waals surface area (Å²) in [5.74, 6) is -0.217. The largest absolute Gasteiger partial charge is 0.360 e. The van der Waals surface area contributed by atoms with Gasteiger partial charge >= 0.3 is 0 Å². The first-order chi connectivity index (χ1) is 14.7. The number of carbonyl (C=O) groups excluding carboxylic acids is 1. The molecular formula is C25H24N4O. The van der Waals surface area contributed by atoms with Gasteiger partial charge < -0.3 is 10.2 Å². The predicted octanol–water partition coefficient (Wildman–Crippen LogP) is 4.00. The van der Waals surface area contributed by atoms with Crippen molar-refractivity contribution in [3.8, 4) is 6.07 Å². The van der Waals surface area contributed by atoms with Crippen molar-refractivity contribution in [3.05, 3.63) is 90.1 Å². The molecule has 0 saturated carbocycles. The van der Waals surface area contributed by atoms with Gasteiger partial charge in [-0.05, 0) is 28.5 Å². The highest BCUT2D eigenvalue weighted by Crippen LogP contribution is 2.19. The maximum atomic E-state index is 12.8. The molecule has 5 nitrogen and oxygen atoms in total.